The molecule has 0 amide bonds. The standard InChI is InChI=1S/C13H16FN5O/c1-3-6-20-13-18-11(15)17-12(19-13)16-10-5-4-8(2)7-9(10)14/h4-5,7H,3,6H2,1-2H3,(H3,15,16,17,18,19). The molecule has 1 aromatic heterocycles. The molecule has 0 saturated carbocycles. The SMILES string of the molecule is CCCOc1nc(N)nc(Nc2ccc(C)cc2F)n1. The maximum atomic E-state index is 13.7. The number of nitrogens with one attached hydrogen (secondary N) is 1. The third-order valence-electron chi connectivity index (χ3n) is 2.44. The first-order valence-corrected chi connectivity index (χ1v) is 6.26. The summed E-state index contributed by atoms with van der Waals surface area (Å²) in [5.74, 6) is -0.229. The van der Waals surface area contributed by atoms with Gasteiger partial charge < -0.3 is 15.8 Å². The Morgan fingerprint density at radius 1 is 1.30 bits per heavy atom. The zero-order chi connectivity index (χ0) is 14.5. The third kappa shape index (κ3) is 3.53. The van der Waals surface area contributed by atoms with Crippen LogP contribution in [-0.4, -0.2) is 21.6 Å². The van der Waals surface area contributed by atoms with Crippen molar-refractivity contribution in [2.75, 3.05) is 17.7 Å². The summed E-state index contributed by atoms with van der Waals surface area (Å²) >= 11 is 0. The second-order valence-electron chi connectivity index (χ2n) is 4.26. The number of ether oxygens (including phenoxy) is 1. The lowest BCUT2D eigenvalue weighted by atomic mass is 10.2. The molecule has 0 aliphatic rings. The van der Waals surface area contributed by atoms with Crippen molar-refractivity contribution in [1.82, 2.24) is 15.0 Å². The first-order chi connectivity index (χ1) is 9.58. The number of benzene rings is 1. The Hall–Kier alpha value is -2.44. The molecule has 2 aromatic rings. The Morgan fingerprint density at radius 2 is 2.10 bits per heavy atom. The molecule has 0 unspecified atom stereocenters. The van der Waals surface area contributed by atoms with Crippen LogP contribution in [0.5, 0.6) is 6.01 Å². The molecule has 0 spiro atoms. The van der Waals surface area contributed by atoms with Gasteiger partial charge in [-0.25, -0.2) is 4.39 Å². The molecule has 0 aliphatic heterocycles. The van der Waals surface area contributed by atoms with Crippen molar-refractivity contribution < 1.29 is 9.13 Å². The van der Waals surface area contributed by atoms with Crippen LogP contribution in [-0.2, 0) is 0 Å². The summed E-state index contributed by atoms with van der Waals surface area (Å²) in [5, 5.41) is 2.76. The van der Waals surface area contributed by atoms with Crippen molar-refractivity contribution in [3.8, 4) is 6.01 Å². The van der Waals surface area contributed by atoms with Gasteiger partial charge in [-0.3, -0.25) is 0 Å². The van der Waals surface area contributed by atoms with Crippen molar-refractivity contribution in [2.24, 2.45) is 0 Å². The van der Waals surface area contributed by atoms with E-state index in [1.54, 1.807) is 12.1 Å². The summed E-state index contributed by atoms with van der Waals surface area (Å²) in [5.41, 5.74) is 6.67. The van der Waals surface area contributed by atoms with Gasteiger partial charge in [0.2, 0.25) is 11.9 Å². The zero-order valence-corrected chi connectivity index (χ0v) is 11.4. The Morgan fingerprint density at radius 3 is 2.80 bits per heavy atom. The number of aromatic nitrogens is 3. The number of halogens is 1. The highest BCUT2D eigenvalue weighted by Gasteiger charge is 2.08. The molecule has 3 N–H and O–H groups in total. The predicted octanol–water partition coefficient (Wildman–Crippen LogP) is 2.43. The number of hydrogen-bond acceptors (Lipinski definition) is 6. The number of nitrogen functional groups attached to an aromatic ring is 1. The molecule has 7 heteroatoms. The van der Waals surface area contributed by atoms with Crippen LogP contribution in [0.3, 0.4) is 0 Å². The summed E-state index contributed by atoms with van der Waals surface area (Å²) in [6.45, 7) is 4.25. The number of nitrogens with two attached hydrogens (primary N) is 1. The first-order valence-electron chi connectivity index (χ1n) is 6.26. The lowest BCUT2D eigenvalue weighted by Gasteiger charge is -2.08. The van der Waals surface area contributed by atoms with Gasteiger partial charge in [-0.05, 0) is 31.0 Å². The number of hydrogen-bond donors (Lipinski definition) is 2. The van der Waals surface area contributed by atoms with Crippen molar-refractivity contribution in [3.05, 3.63) is 29.6 Å². The van der Waals surface area contributed by atoms with E-state index in [-0.39, 0.29) is 29.4 Å². The molecule has 1 heterocycles. The minimum Gasteiger partial charge on any atom is -0.463 e. The molecule has 6 nitrogen and oxygen atoms in total. The molecular weight excluding hydrogens is 261 g/mol. The van der Waals surface area contributed by atoms with Crippen LogP contribution >= 0.6 is 0 Å². The van der Waals surface area contributed by atoms with Gasteiger partial charge in [-0.2, -0.15) is 15.0 Å². The monoisotopic (exact) mass is 277 g/mol. The smallest absolute Gasteiger partial charge is 0.323 e. The molecule has 0 radical (unpaired) electrons. The van der Waals surface area contributed by atoms with Gasteiger partial charge >= 0.3 is 6.01 Å². The van der Waals surface area contributed by atoms with E-state index in [9.17, 15) is 4.39 Å². The van der Waals surface area contributed by atoms with E-state index in [4.69, 9.17) is 10.5 Å². The molecule has 20 heavy (non-hydrogen) atoms. The highest BCUT2D eigenvalue weighted by atomic mass is 19.1. The Labute approximate surface area is 116 Å². The van der Waals surface area contributed by atoms with Crippen LogP contribution in [0.4, 0.5) is 22.0 Å². The molecule has 1 aromatic carbocycles. The van der Waals surface area contributed by atoms with Crippen molar-refractivity contribution in [2.45, 2.75) is 20.3 Å². The fourth-order valence-electron chi connectivity index (χ4n) is 1.53. The number of nitrogens with zero attached hydrogens (tertiary/aromatic N) is 3. The van der Waals surface area contributed by atoms with Gasteiger partial charge in [-0.15, -0.1) is 0 Å². The predicted molar refractivity (Wildman–Crippen MR) is 74.4 cm³/mol. The van der Waals surface area contributed by atoms with Crippen LogP contribution in [0.2, 0.25) is 0 Å². The summed E-state index contributed by atoms with van der Waals surface area (Å²) < 4.78 is 19.0. The van der Waals surface area contributed by atoms with E-state index >= 15 is 0 Å². The van der Waals surface area contributed by atoms with Crippen LogP contribution in [0, 0.1) is 12.7 Å². The van der Waals surface area contributed by atoms with Crippen LogP contribution in [0.25, 0.3) is 0 Å². The topological polar surface area (TPSA) is 86.0 Å². The quantitative estimate of drug-likeness (QED) is 0.873. The lowest BCUT2D eigenvalue weighted by Crippen LogP contribution is -2.08. The number of aryl methyl sites for hydroxylation is 1. The molecular formula is C13H16FN5O. The molecule has 0 atom stereocenters. The van der Waals surface area contributed by atoms with Gasteiger partial charge in [0.05, 0.1) is 12.3 Å². The third-order valence-corrected chi connectivity index (χ3v) is 2.44. The van der Waals surface area contributed by atoms with Crippen molar-refractivity contribution >= 4 is 17.6 Å². The molecule has 0 bridgehead atoms. The zero-order valence-electron chi connectivity index (χ0n) is 11.4. The lowest BCUT2D eigenvalue weighted by molar-refractivity contribution is 0.292. The van der Waals surface area contributed by atoms with E-state index in [0.29, 0.717) is 6.61 Å². The summed E-state index contributed by atoms with van der Waals surface area (Å²) in [7, 11) is 0. The first kappa shape index (κ1) is 14.0. The Bertz CT molecular complexity index is 605. The fourth-order valence-corrected chi connectivity index (χ4v) is 1.53. The highest BCUT2D eigenvalue weighted by molar-refractivity contribution is 5.55. The van der Waals surface area contributed by atoms with Crippen molar-refractivity contribution in [3.63, 3.8) is 0 Å². The minimum atomic E-state index is -0.389. The Kier molecular flexibility index (Phi) is 4.29. The second kappa shape index (κ2) is 6.14. The van der Waals surface area contributed by atoms with Gasteiger partial charge in [0, 0.05) is 0 Å². The summed E-state index contributed by atoms with van der Waals surface area (Å²) in [6, 6.07) is 4.93. The second-order valence-corrected chi connectivity index (χ2v) is 4.26. The van der Waals surface area contributed by atoms with E-state index in [1.807, 2.05) is 13.8 Å². The van der Waals surface area contributed by atoms with Crippen LogP contribution in [0.15, 0.2) is 18.2 Å². The number of rotatable bonds is 5. The molecule has 0 aliphatic carbocycles. The minimum absolute atomic E-state index is 0.0149. The fraction of sp³-hybridized carbons (Fsp3) is 0.308. The molecule has 2 rings (SSSR count). The number of anilines is 3. The molecule has 0 fully saturated rings. The normalized spacial score (nSPS) is 10.3. The highest BCUT2D eigenvalue weighted by Crippen LogP contribution is 2.20. The largest absolute Gasteiger partial charge is 0.463 e. The maximum absolute atomic E-state index is 13.7. The van der Waals surface area contributed by atoms with E-state index in [2.05, 4.69) is 20.3 Å². The van der Waals surface area contributed by atoms with Crippen LogP contribution < -0.4 is 15.8 Å². The van der Waals surface area contributed by atoms with Crippen LogP contribution in [0.1, 0.15) is 18.9 Å². The summed E-state index contributed by atoms with van der Waals surface area (Å²) in [4.78, 5) is 11.8. The maximum Gasteiger partial charge on any atom is 0.323 e. The molecule has 0 saturated heterocycles. The van der Waals surface area contributed by atoms with Gasteiger partial charge in [-0.1, -0.05) is 13.0 Å². The van der Waals surface area contributed by atoms with Gasteiger partial charge in [0.15, 0.2) is 0 Å². The van der Waals surface area contributed by atoms with Gasteiger partial charge in [0.25, 0.3) is 0 Å². The van der Waals surface area contributed by atoms with E-state index in [0.717, 1.165) is 12.0 Å². The average Bonchev–Trinajstić information content (AvgIpc) is 2.39. The van der Waals surface area contributed by atoms with Gasteiger partial charge in [0.1, 0.15) is 5.82 Å². The molecule has 106 valence electrons. The Balaban J connectivity index is 2.21. The van der Waals surface area contributed by atoms with Crippen molar-refractivity contribution in [1.29, 1.82) is 0 Å². The summed E-state index contributed by atoms with van der Waals surface area (Å²) in [6.07, 6.45) is 0.820. The van der Waals surface area contributed by atoms with E-state index < -0.39 is 0 Å². The average molecular weight is 277 g/mol. The van der Waals surface area contributed by atoms with E-state index in [1.165, 1.54) is 6.07 Å².